The number of nitrogens with zero attached hydrogens (tertiary/aromatic N) is 4. The van der Waals surface area contributed by atoms with Gasteiger partial charge in [-0.3, -0.25) is 20.0 Å². The van der Waals surface area contributed by atoms with Crippen LogP contribution in [-0.4, -0.2) is 56.3 Å². The fraction of sp³-hybridized carbons (Fsp3) is 0.194. The van der Waals surface area contributed by atoms with Gasteiger partial charge in [0.1, 0.15) is 23.9 Å². The molecule has 5 heterocycles. The predicted octanol–water partition coefficient (Wildman–Crippen LogP) is 6.45. The molecule has 6 aromatic rings. The lowest BCUT2D eigenvalue weighted by Crippen LogP contribution is -2.25. The molecule has 0 atom stereocenters. The van der Waals surface area contributed by atoms with Gasteiger partial charge >= 0.3 is 0 Å². The average molecular weight is 519 g/mol. The van der Waals surface area contributed by atoms with E-state index in [1.54, 1.807) is 30.7 Å². The Balaban J connectivity index is 1.21. The summed E-state index contributed by atoms with van der Waals surface area (Å²) in [4.78, 5) is 14.6. The van der Waals surface area contributed by atoms with Crippen molar-refractivity contribution < 1.29 is 9.13 Å². The molecule has 0 aliphatic carbocycles. The standard InChI is InChI=1S/C31H27FN6O/c32-27-6-2-1-5-23(27)26-18-34-19-30-24(26)15-29(35-30)31-25-14-20(7-8-28(25)36-37-31)21-13-22(17-33-16-21)39-12-11-38-9-3-4-10-38/h1-2,5-8,13-19,35H,3-4,9-12H2,(H,36,37). The van der Waals surface area contributed by atoms with Crippen molar-refractivity contribution in [3.8, 4) is 39.4 Å². The van der Waals surface area contributed by atoms with Gasteiger partial charge in [0.05, 0.1) is 29.1 Å². The van der Waals surface area contributed by atoms with E-state index in [9.17, 15) is 4.39 Å². The van der Waals surface area contributed by atoms with Gasteiger partial charge < -0.3 is 9.72 Å². The zero-order valence-corrected chi connectivity index (χ0v) is 21.3. The van der Waals surface area contributed by atoms with Crippen LogP contribution in [0.15, 0.2) is 79.4 Å². The van der Waals surface area contributed by atoms with Crippen molar-refractivity contribution in [3.05, 3.63) is 85.2 Å². The van der Waals surface area contributed by atoms with E-state index in [0.717, 1.165) is 75.3 Å². The number of nitrogens with one attached hydrogen (secondary N) is 2. The molecule has 0 bridgehead atoms. The molecule has 8 heteroatoms. The maximum absolute atomic E-state index is 14.6. The Morgan fingerprint density at radius 2 is 1.69 bits per heavy atom. The number of likely N-dealkylation sites (tertiary alicyclic amines) is 1. The van der Waals surface area contributed by atoms with E-state index in [4.69, 9.17) is 4.74 Å². The SMILES string of the molecule is Fc1ccccc1-c1cncc2[nH]c(-c3n[nH]c4ccc(-c5cncc(OCCN6CCCC6)c5)cc34)cc12. The van der Waals surface area contributed by atoms with Crippen LogP contribution in [0.2, 0.25) is 0 Å². The molecule has 1 fully saturated rings. The Bertz CT molecular complexity index is 1790. The molecule has 4 aromatic heterocycles. The van der Waals surface area contributed by atoms with Crippen LogP contribution in [0.4, 0.5) is 4.39 Å². The smallest absolute Gasteiger partial charge is 0.138 e. The summed E-state index contributed by atoms with van der Waals surface area (Å²) in [6, 6.07) is 17.0. The van der Waals surface area contributed by atoms with E-state index in [0.29, 0.717) is 12.2 Å². The van der Waals surface area contributed by atoms with Crippen LogP contribution in [0.25, 0.3) is 55.4 Å². The van der Waals surface area contributed by atoms with Crippen LogP contribution in [0, 0.1) is 5.82 Å². The number of ether oxygens (including phenoxy) is 1. The molecule has 194 valence electrons. The number of aromatic nitrogens is 5. The number of halogens is 1. The van der Waals surface area contributed by atoms with Crippen molar-refractivity contribution in [3.63, 3.8) is 0 Å². The molecule has 2 aromatic carbocycles. The van der Waals surface area contributed by atoms with E-state index in [1.165, 1.54) is 18.9 Å². The minimum atomic E-state index is -0.278. The summed E-state index contributed by atoms with van der Waals surface area (Å²) in [7, 11) is 0. The van der Waals surface area contributed by atoms with E-state index >= 15 is 0 Å². The molecular weight excluding hydrogens is 491 g/mol. The van der Waals surface area contributed by atoms with E-state index in [2.05, 4.69) is 42.2 Å². The Morgan fingerprint density at radius 3 is 2.59 bits per heavy atom. The second-order valence-corrected chi connectivity index (χ2v) is 9.95. The highest BCUT2D eigenvalue weighted by Gasteiger charge is 2.16. The second kappa shape index (κ2) is 9.96. The molecule has 0 radical (unpaired) electrons. The van der Waals surface area contributed by atoms with Crippen LogP contribution in [0.3, 0.4) is 0 Å². The Labute approximate surface area is 224 Å². The van der Waals surface area contributed by atoms with Crippen molar-refractivity contribution in [1.82, 2.24) is 30.0 Å². The molecule has 1 saturated heterocycles. The third-order valence-electron chi connectivity index (χ3n) is 7.45. The molecule has 0 saturated carbocycles. The lowest BCUT2D eigenvalue weighted by molar-refractivity contribution is 0.237. The number of aromatic amines is 2. The largest absolute Gasteiger partial charge is 0.491 e. The van der Waals surface area contributed by atoms with Gasteiger partial charge in [0, 0.05) is 46.4 Å². The molecule has 0 unspecified atom stereocenters. The summed E-state index contributed by atoms with van der Waals surface area (Å²) in [5, 5.41) is 9.62. The zero-order valence-electron chi connectivity index (χ0n) is 21.3. The van der Waals surface area contributed by atoms with Gasteiger partial charge in [-0.2, -0.15) is 5.10 Å². The maximum atomic E-state index is 14.6. The minimum absolute atomic E-state index is 0.278. The summed E-state index contributed by atoms with van der Waals surface area (Å²) < 4.78 is 20.6. The van der Waals surface area contributed by atoms with E-state index < -0.39 is 0 Å². The number of fused-ring (bicyclic) bond motifs is 2. The number of pyridine rings is 2. The third kappa shape index (κ3) is 4.53. The Hall–Kier alpha value is -4.56. The maximum Gasteiger partial charge on any atom is 0.138 e. The quantitative estimate of drug-likeness (QED) is 0.254. The fourth-order valence-electron chi connectivity index (χ4n) is 5.43. The zero-order chi connectivity index (χ0) is 26.2. The highest BCUT2D eigenvalue weighted by molar-refractivity contribution is 6.01. The first-order valence-corrected chi connectivity index (χ1v) is 13.2. The monoisotopic (exact) mass is 518 g/mol. The van der Waals surface area contributed by atoms with E-state index in [1.807, 2.05) is 30.5 Å². The topological polar surface area (TPSA) is 82.7 Å². The number of hydrogen-bond acceptors (Lipinski definition) is 5. The van der Waals surface area contributed by atoms with Gasteiger partial charge in [0.25, 0.3) is 0 Å². The molecule has 39 heavy (non-hydrogen) atoms. The van der Waals surface area contributed by atoms with Crippen LogP contribution in [-0.2, 0) is 0 Å². The number of benzene rings is 2. The lowest BCUT2D eigenvalue weighted by atomic mass is 10.0. The normalized spacial score (nSPS) is 14.0. The van der Waals surface area contributed by atoms with Gasteiger partial charge in [0.2, 0.25) is 0 Å². The summed E-state index contributed by atoms with van der Waals surface area (Å²) in [5.74, 6) is 0.489. The molecule has 7 nitrogen and oxygen atoms in total. The lowest BCUT2D eigenvalue weighted by Gasteiger charge is -2.15. The second-order valence-electron chi connectivity index (χ2n) is 9.95. The van der Waals surface area contributed by atoms with Crippen LogP contribution in [0.5, 0.6) is 5.75 Å². The predicted molar refractivity (Wildman–Crippen MR) is 151 cm³/mol. The first kappa shape index (κ1) is 23.5. The van der Waals surface area contributed by atoms with Crippen molar-refractivity contribution in [2.75, 3.05) is 26.2 Å². The Morgan fingerprint density at radius 1 is 0.821 bits per heavy atom. The minimum Gasteiger partial charge on any atom is -0.491 e. The summed E-state index contributed by atoms with van der Waals surface area (Å²) in [5.41, 5.74) is 6.61. The fourth-order valence-corrected chi connectivity index (χ4v) is 5.43. The molecule has 1 aliphatic heterocycles. The summed E-state index contributed by atoms with van der Waals surface area (Å²) in [6.07, 6.45) is 9.62. The van der Waals surface area contributed by atoms with E-state index in [-0.39, 0.29) is 5.82 Å². The van der Waals surface area contributed by atoms with Crippen molar-refractivity contribution >= 4 is 21.8 Å². The molecule has 7 rings (SSSR count). The van der Waals surface area contributed by atoms with Gasteiger partial charge in [-0.15, -0.1) is 0 Å². The van der Waals surface area contributed by atoms with Crippen LogP contribution in [0.1, 0.15) is 12.8 Å². The molecular formula is C31H27FN6O. The molecule has 1 aliphatic rings. The average Bonchev–Trinajstić information content (AvgIpc) is 3.73. The highest BCUT2D eigenvalue weighted by Crippen LogP contribution is 2.35. The van der Waals surface area contributed by atoms with Crippen LogP contribution >= 0.6 is 0 Å². The van der Waals surface area contributed by atoms with Crippen molar-refractivity contribution in [1.29, 1.82) is 0 Å². The van der Waals surface area contributed by atoms with Gasteiger partial charge in [-0.1, -0.05) is 24.3 Å². The molecule has 2 N–H and O–H groups in total. The van der Waals surface area contributed by atoms with Crippen LogP contribution < -0.4 is 4.74 Å². The first-order valence-electron chi connectivity index (χ1n) is 13.2. The highest BCUT2D eigenvalue weighted by atomic mass is 19.1. The summed E-state index contributed by atoms with van der Waals surface area (Å²) >= 11 is 0. The van der Waals surface area contributed by atoms with Gasteiger partial charge in [-0.05, 0) is 61.8 Å². The third-order valence-corrected chi connectivity index (χ3v) is 7.45. The number of hydrogen-bond donors (Lipinski definition) is 2. The van der Waals surface area contributed by atoms with Gasteiger partial charge in [-0.25, -0.2) is 4.39 Å². The number of H-pyrrole nitrogens is 2. The number of rotatable bonds is 7. The molecule has 0 amide bonds. The summed E-state index contributed by atoms with van der Waals surface area (Å²) in [6.45, 7) is 3.91. The Kier molecular flexibility index (Phi) is 6.01. The molecule has 0 spiro atoms. The van der Waals surface area contributed by atoms with Crippen molar-refractivity contribution in [2.45, 2.75) is 12.8 Å². The first-order chi connectivity index (χ1) is 19.2. The van der Waals surface area contributed by atoms with Gasteiger partial charge in [0.15, 0.2) is 0 Å². The van der Waals surface area contributed by atoms with Crippen molar-refractivity contribution in [2.24, 2.45) is 0 Å².